The summed E-state index contributed by atoms with van der Waals surface area (Å²) in [6.07, 6.45) is 3.18. The van der Waals surface area contributed by atoms with Crippen LogP contribution in [0.3, 0.4) is 0 Å². The fraction of sp³-hybridized carbons (Fsp3) is 0.333. The molecule has 0 aliphatic rings. The lowest BCUT2D eigenvalue weighted by Crippen LogP contribution is -2.16. The van der Waals surface area contributed by atoms with Gasteiger partial charge in [0.05, 0.1) is 12.9 Å². The largest absolute Gasteiger partial charge is 0.467 e. The van der Waals surface area contributed by atoms with Crippen LogP contribution in [0.2, 0.25) is 0 Å². The highest BCUT2D eigenvalue weighted by Crippen LogP contribution is 2.19. The zero-order chi connectivity index (χ0) is 12.1. The minimum atomic E-state index is -0.0516. The maximum atomic E-state index is 5.36. The first kappa shape index (κ1) is 11.6. The highest BCUT2D eigenvalue weighted by atomic mass is 16.5. The zero-order valence-electron chi connectivity index (χ0n) is 9.88. The van der Waals surface area contributed by atoms with E-state index in [4.69, 9.17) is 9.15 Å². The predicted molar refractivity (Wildman–Crippen MR) is 63.7 cm³/mol. The number of rotatable bonds is 5. The van der Waals surface area contributed by atoms with Crippen molar-refractivity contribution < 1.29 is 9.15 Å². The van der Waals surface area contributed by atoms with Crippen molar-refractivity contribution in [1.82, 2.24) is 9.97 Å². The van der Waals surface area contributed by atoms with Gasteiger partial charge in [0.1, 0.15) is 23.9 Å². The summed E-state index contributed by atoms with van der Waals surface area (Å²) in [5.41, 5.74) is 0.915. The predicted octanol–water partition coefficient (Wildman–Crippen LogP) is 2.18. The van der Waals surface area contributed by atoms with Crippen molar-refractivity contribution in [3.05, 3.63) is 42.2 Å². The van der Waals surface area contributed by atoms with E-state index in [-0.39, 0.29) is 6.04 Å². The Morgan fingerprint density at radius 3 is 3.00 bits per heavy atom. The minimum absolute atomic E-state index is 0.0516. The third-order valence-corrected chi connectivity index (χ3v) is 2.35. The van der Waals surface area contributed by atoms with Crippen LogP contribution in [-0.2, 0) is 4.74 Å². The molecule has 5 heteroatoms. The topological polar surface area (TPSA) is 60.2 Å². The first-order valence-corrected chi connectivity index (χ1v) is 5.37. The van der Waals surface area contributed by atoms with Gasteiger partial charge in [0.2, 0.25) is 0 Å². The molecule has 2 aromatic rings. The Bertz CT molecular complexity index is 457. The van der Waals surface area contributed by atoms with Crippen molar-refractivity contribution in [1.29, 1.82) is 0 Å². The standard InChI is InChI=1S/C12H15N3O2/c1-9-6-12(14-8-13-9)15-10(7-16-2)11-4-3-5-17-11/h3-6,8,10H,7H2,1-2H3,(H,13,14,15). The third kappa shape index (κ3) is 3.04. The number of ether oxygens (including phenoxy) is 1. The van der Waals surface area contributed by atoms with Crippen LogP contribution in [0.25, 0.3) is 0 Å². The van der Waals surface area contributed by atoms with Crippen LogP contribution in [0.1, 0.15) is 17.5 Å². The molecule has 0 aromatic carbocycles. The van der Waals surface area contributed by atoms with Gasteiger partial charge in [-0.05, 0) is 19.1 Å². The second-order valence-corrected chi connectivity index (χ2v) is 3.71. The molecule has 0 spiro atoms. The molecule has 2 aromatic heterocycles. The van der Waals surface area contributed by atoms with Crippen LogP contribution >= 0.6 is 0 Å². The lowest BCUT2D eigenvalue weighted by molar-refractivity contribution is 0.178. The normalized spacial score (nSPS) is 12.4. The maximum absolute atomic E-state index is 5.36. The molecular formula is C12H15N3O2. The highest BCUT2D eigenvalue weighted by molar-refractivity contribution is 5.37. The number of aromatic nitrogens is 2. The Kier molecular flexibility index (Phi) is 3.72. The van der Waals surface area contributed by atoms with E-state index in [1.165, 1.54) is 6.33 Å². The molecule has 0 aliphatic carbocycles. The smallest absolute Gasteiger partial charge is 0.130 e. The molecule has 17 heavy (non-hydrogen) atoms. The van der Waals surface area contributed by atoms with E-state index in [9.17, 15) is 0 Å². The summed E-state index contributed by atoms with van der Waals surface area (Å²) in [6, 6.07) is 5.59. The molecule has 1 unspecified atom stereocenters. The Balaban J connectivity index is 2.13. The van der Waals surface area contributed by atoms with Crippen LogP contribution in [0.4, 0.5) is 5.82 Å². The fourth-order valence-electron chi connectivity index (χ4n) is 1.56. The molecule has 1 atom stereocenters. The quantitative estimate of drug-likeness (QED) is 0.857. The second-order valence-electron chi connectivity index (χ2n) is 3.71. The molecule has 0 bridgehead atoms. The van der Waals surface area contributed by atoms with Crippen molar-refractivity contribution in [3.8, 4) is 0 Å². The fourth-order valence-corrected chi connectivity index (χ4v) is 1.56. The number of methoxy groups -OCH3 is 1. The molecule has 0 amide bonds. The Labute approximate surface area is 99.8 Å². The van der Waals surface area contributed by atoms with Gasteiger partial charge in [0.15, 0.2) is 0 Å². The van der Waals surface area contributed by atoms with Crippen molar-refractivity contribution in [2.45, 2.75) is 13.0 Å². The molecule has 0 saturated carbocycles. The third-order valence-electron chi connectivity index (χ3n) is 2.35. The van der Waals surface area contributed by atoms with Gasteiger partial charge in [-0.1, -0.05) is 0 Å². The van der Waals surface area contributed by atoms with Crippen molar-refractivity contribution >= 4 is 5.82 Å². The molecular weight excluding hydrogens is 218 g/mol. The summed E-state index contributed by atoms with van der Waals surface area (Å²) in [6.45, 7) is 2.43. The van der Waals surface area contributed by atoms with Gasteiger partial charge in [0, 0.05) is 18.9 Å². The summed E-state index contributed by atoms with van der Waals surface area (Å²) in [4.78, 5) is 8.20. The number of hydrogen-bond acceptors (Lipinski definition) is 5. The molecule has 1 N–H and O–H groups in total. The van der Waals surface area contributed by atoms with Gasteiger partial charge >= 0.3 is 0 Å². The van der Waals surface area contributed by atoms with Gasteiger partial charge in [-0.25, -0.2) is 9.97 Å². The number of hydrogen-bond donors (Lipinski definition) is 1. The highest BCUT2D eigenvalue weighted by Gasteiger charge is 2.14. The first-order chi connectivity index (χ1) is 8.29. The SMILES string of the molecule is COCC(Nc1cc(C)ncn1)c1ccco1. The maximum Gasteiger partial charge on any atom is 0.130 e. The van der Waals surface area contributed by atoms with Crippen LogP contribution in [0.15, 0.2) is 35.2 Å². The van der Waals surface area contributed by atoms with E-state index >= 15 is 0 Å². The van der Waals surface area contributed by atoms with Crippen LogP contribution in [0, 0.1) is 6.92 Å². The lowest BCUT2D eigenvalue weighted by atomic mass is 10.2. The monoisotopic (exact) mass is 233 g/mol. The number of anilines is 1. The molecule has 5 nitrogen and oxygen atoms in total. The molecule has 90 valence electrons. The number of nitrogens with zero attached hydrogens (tertiary/aromatic N) is 2. The van der Waals surface area contributed by atoms with E-state index in [0.717, 1.165) is 17.3 Å². The second kappa shape index (κ2) is 5.45. The van der Waals surface area contributed by atoms with Crippen molar-refractivity contribution in [2.24, 2.45) is 0 Å². The van der Waals surface area contributed by atoms with Gasteiger partial charge in [-0.3, -0.25) is 0 Å². The summed E-state index contributed by atoms with van der Waals surface area (Å²) in [5.74, 6) is 1.58. The van der Waals surface area contributed by atoms with E-state index in [1.807, 2.05) is 25.1 Å². The van der Waals surface area contributed by atoms with E-state index in [1.54, 1.807) is 13.4 Å². The van der Waals surface area contributed by atoms with Crippen LogP contribution < -0.4 is 5.32 Å². The zero-order valence-corrected chi connectivity index (χ0v) is 9.88. The van der Waals surface area contributed by atoms with Gasteiger partial charge in [-0.2, -0.15) is 0 Å². The number of nitrogens with one attached hydrogen (secondary N) is 1. The summed E-state index contributed by atoms with van der Waals surface area (Å²) in [7, 11) is 1.66. The van der Waals surface area contributed by atoms with Crippen molar-refractivity contribution in [2.75, 3.05) is 19.0 Å². The average molecular weight is 233 g/mol. The minimum Gasteiger partial charge on any atom is -0.467 e. The summed E-state index contributed by atoms with van der Waals surface area (Å²) in [5, 5.41) is 3.25. The van der Waals surface area contributed by atoms with Crippen LogP contribution in [-0.4, -0.2) is 23.7 Å². The number of aryl methyl sites for hydroxylation is 1. The Hall–Kier alpha value is -1.88. The van der Waals surface area contributed by atoms with Crippen molar-refractivity contribution in [3.63, 3.8) is 0 Å². The van der Waals surface area contributed by atoms with E-state index in [0.29, 0.717) is 6.61 Å². The average Bonchev–Trinajstić information content (AvgIpc) is 2.82. The van der Waals surface area contributed by atoms with Crippen LogP contribution in [0.5, 0.6) is 0 Å². The Morgan fingerprint density at radius 1 is 1.47 bits per heavy atom. The van der Waals surface area contributed by atoms with Gasteiger partial charge in [-0.15, -0.1) is 0 Å². The van der Waals surface area contributed by atoms with Gasteiger partial charge in [0.25, 0.3) is 0 Å². The van der Waals surface area contributed by atoms with Gasteiger partial charge < -0.3 is 14.5 Å². The molecule has 0 saturated heterocycles. The Morgan fingerprint density at radius 2 is 2.35 bits per heavy atom. The first-order valence-electron chi connectivity index (χ1n) is 5.37. The van der Waals surface area contributed by atoms with E-state index < -0.39 is 0 Å². The van der Waals surface area contributed by atoms with E-state index in [2.05, 4.69) is 15.3 Å². The summed E-state index contributed by atoms with van der Waals surface area (Å²) >= 11 is 0. The molecule has 2 rings (SSSR count). The lowest BCUT2D eigenvalue weighted by Gasteiger charge is -2.16. The number of furan rings is 1. The summed E-state index contributed by atoms with van der Waals surface area (Å²) < 4.78 is 10.5. The molecule has 0 radical (unpaired) electrons. The molecule has 0 aliphatic heterocycles. The molecule has 0 fully saturated rings. The molecule has 2 heterocycles.